The van der Waals surface area contributed by atoms with Gasteiger partial charge in [-0.2, -0.15) is 0 Å². The molecule has 2 rings (SSSR count). The van der Waals surface area contributed by atoms with Crippen LogP contribution < -0.4 is 0 Å². The smallest absolute Gasteiger partial charge is 0.323 e. The van der Waals surface area contributed by atoms with Gasteiger partial charge < -0.3 is 9.67 Å². The van der Waals surface area contributed by atoms with E-state index in [1.54, 1.807) is 17.0 Å². The van der Waals surface area contributed by atoms with Crippen LogP contribution >= 0.6 is 0 Å². The minimum Gasteiger partial charge on any atom is -0.480 e. The summed E-state index contributed by atoms with van der Waals surface area (Å²) in [5, 5.41) is 9.63. The fourth-order valence-electron chi connectivity index (χ4n) is 1.46. The van der Waals surface area contributed by atoms with Gasteiger partial charge in [0.1, 0.15) is 12.2 Å². The Labute approximate surface area is 80.8 Å². The molecule has 2 aromatic rings. The van der Waals surface area contributed by atoms with E-state index in [2.05, 4.69) is 4.98 Å². The highest BCUT2D eigenvalue weighted by Crippen LogP contribution is 2.14. The van der Waals surface area contributed by atoms with Crippen molar-refractivity contribution in [2.45, 2.75) is 13.5 Å². The molecule has 0 radical (unpaired) electrons. The average molecular weight is 190 g/mol. The number of aromatic nitrogens is 2. The van der Waals surface area contributed by atoms with Crippen molar-refractivity contribution < 1.29 is 9.90 Å². The Morgan fingerprint density at radius 1 is 1.64 bits per heavy atom. The summed E-state index contributed by atoms with van der Waals surface area (Å²) >= 11 is 0. The zero-order valence-corrected chi connectivity index (χ0v) is 7.77. The van der Waals surface area contributed by atoms with E-state index in [1.807, 2.05) is 19.1 Å². The number of carbonyl (C=O) groups is 1. The molecule has 14 heavy (non-hydrogen) atoms. The number of aliphatic carboxylic acids is 1. The molecule has 0 spiro atoms. The summed E-state index contributed by atoms with van der Waals surface area (Å²) in [5.41, 5.74) is 1.79. The number of hydrogen-bond acceptors (Lipinski definition) is 2. The predicted octanol–water partition coefficient (Wildman–Crippen LogP) is 1.43. The molecule has 0 fully saturated rings. The number of aryl methyl sites for hydroxylation is 1. The molecule has 4 heteroatoms. The van der Waals surface area contributed by atoms with Gasteiger partial charge in [0, 0.05) is 17.8 Å². The van der Waals surface area contributed by atoms with Gasteiger partial charge in [-0.3, -0.25) is 4.79 Å². The van der Waals surface area contributed by atoms with Crippen molar-refractivity contribution >= 4 is 17.0 Å². The van der Waals surface area contributed by atoms with E-state index in [9.17, 15) is 4.79 Å². The second-order valence-corrected chi connectivity index (χ2v) is 3.26. The van der Waals surface area contributed by atoms with Gasteiger partial charge in [0.15, 0.2) is 0 Å². The van der Waals surface area contributed by atoms with Crippen molar-refractivity contribution in [3.8, 4) is 0 Å². The molecule has 0 aliphatic rings. The lowest BCUT2D eigenvalue weighted by molar-refractivity contribution is -0.137. The topological polar surface area (TPSA) is 55.1 Å². The number of carboxylic acid groups (broad SMARTS) is 1. The van der Waals surface area contributed by atoms with Gasteiger partial charge in [-0.1, -0.05) is 0 Å². The van der Waals surface area contributed by atoms with Crippen molar-refractivity contribution in [2.24, 2.45) is 0 Å². The molecule has 0 aliphatic carbocycles. The third-order valence-corrected chi connectivity index (χ3v) is 2.04. The fraction of sp³-hybridized carbons (Fsp3) is 0.200. The van der Waals surface area contributed by atoms with Crippen LogP contribution in [0.2, 0.25) is 0 Å². The third-order valence-electron chi connectivity index (χ3n) is 2.04. The van der Waals surface area contributed by atoms with Crippen LogP contribution in [0.4, 0.5) is 0 Å². The van der Waals surface area contributed by atoms with Crippen LogP contribution in [0.3, 0.4) is 0 Å². The number of hydrogen-bond donors (Lipinski definition) is 1. The van der Waals surface area contributed by atoms with Crippen molar-refractivity contribution in [1.82, 2.24) is 9.55 Å². The Morgan fingerprint density at radius 2 is 2.43 bits per heavy atom. The first-order valence-corrected chi connectivity index (χ1v) is 4.30. The summed E-state index contributed by atoms with van der Waals surface area (Å²) in [4.78, 5) is 14.7. The van der Waals surface area contributed by atoms with E-state index in [1.165, 1.54) is 0 Å². The normalized spacial score (nSPS) is 10.6. The SMILES string of the molecule is Cc1cnc2c(ccn2CC(=O)O)c1. The molecule has 0 bridgehead atoms. The van der Waals surface area contributed by atoms with E-state index < -0.39 is 5.97 Å². The molecule has 1 N–H and O–H groups in total. The van der Waals surface area contributed by atoms with Gasteiger partial charge in [-0.15, -0.1) is 0 Å². The Kier molecular flexibility index (Phi) is 1.96. The highest BCUT2D eigenvalue weighted by Gasteiger charge is 2.05. The summed E-state index contributed by atoms with van der Waals surface area (Å²) in [5.74, 6) is -0.857. The van der Waals surface area contributed by atoms with Crippen LogP contribution in [0.15, 0.2) is 24.5 Å². The molecule has 0 amide bonds. The van der Waals surface area contributed by atoms with Crippen LogP contribution in [0, 0.1) is 6.92 Å². The Hall–Kier alpha value is -1.84. The van der Waals surface area contributed by atoms with Crippen molar-refractivity contribution in [3.63, 3.8) is 0 Å². The van der Waals surface area contributed by atoms with E-state index in [4.69, 9.17) is 5.11 Å². The largest absolute Gasteiger partial charge is 0.480 e. The minimum atomic E-state index is -0.857. The number of pyridine rings is 1. The molecule has 0 atom stereocenters. The zero-order chi connectivity index (χ0) is 10.1. The number of fused-ring (bicyclic) bond motifs is 1. The second-order valence-electron chi connectivity index (χ2n) is 3.26. The maximum absolute atomic E-state index is 10.5. The molecule has 0 aromatic carbocycles. The zero-order valence-electron chi connectivity index (χ0n) is 7.77. The molecule has 0 saturated heterocycles. The molecule has 2 aromatic heterocycles. The Bertz CT molecular complexity index is 488. The van der Waals surface area contributed by atoms with Crippen LogP contribution in [-0.4, -0.2) is 20.6 Å². The Morgan fingerprint density at radius 3 is 3.14 bits per heavy atom. The lowest BCUT2D eigenvalue weighted by Crippen LogP contribution is -2.07. The average Bonchev–Trinajstić information content (AvgIpc) is 2.47. The maximum Gasteiger partial charge on any atom is 0.323 e. The quantitative estimate of drug-likeness (QED) is 0.779. The molecule has 4 nitrogen and oxygen atoms in total. The highest BCUT2D eigenvalue weighted by molar-refractivity contribution is 5.78. The first-order chi connectivity index (χ1) is 6.66. The summed E-state index contributed by atoms with van der Waals surface area (Å²) in [6, 6.07) is 3.86. The van der Waals surface area contributed by atoms with Crippen LogP contribution in [0.25, 0.3) is 11.0 Å². The number of rotatable bonds is 2. The van der Waals surface area contributed by atoms with Gasteiger partial charge in [-0.05, 0) is 24.6 Å². The van der Waals surface area contributed by atoms with E-state index >= 15 is 0 Å². The predicted molar refractivity (Wildman–Crippen MR) is 52.1 cm³/mol. The Balaban J connectivity index is 2.52. The highest BCUT2D eigenvalue weighted by atomic mass is 16.4. The second kappa shape index (κ2) is 3.14. The van der Waals surface area contributed by atoms with Crippen molar-refractivity contribution in [2.75, 3.05) is 0 Å². The van der Waals surface area contributed by atoms with E-state index in [0.717, 1.165) is 16.6 Å². The lowest BCUT2D eigenvalue weighted by atomic mass is 10.2. The fourth-order valence-corrected chi connectivity index (χ4v) is 1.46. The molecule has 2 heterocycles. The maximum atomic E-state index is 10.5. The van der Waals surface area contributed by atoms with E-state index in [-0.39, 0.29) is 6.54 Å². The minimum absolute atomic E-state index is 0.0421. The van der Waals surface area contributed by atoms with Crippen LogP contribution in [0.1, 0.15) is 5.56 Å². The van der Waals surface area contributed by atoms with Crippen LogP contribution in [0.5, 0.6) is 0 Å². The van der Waals surface area contributed by atoms with Crippen molar-refractivity contribution in [1.29, 1.82) is 0 Å². The van der Waals surface area contributed by atoms with Gasteiger partial charge in [0.2, 0.25) is 0 Å². The standard InChI is InChI=1S/C10H10N2O2/c1-7-4-8-2-3-12(6-9(13)14)10(8)11-5-7/h2-5H,6H2,1H3,(H,13,14). The molecule has 0 aliphatic heterocycles. The first kappa shape index (κ1) is 8.74. The first-order valence-electron chi connectivity index (χ1n) is 4.30. The summed E-state index contributed by atoms with van der Waals surface area (Å²) < 4.78 is 1.62. The number of nitrogens with zero attached hydrogens (tertiary/aromatic N) is 2. The molecule has 72 valence electrons. The molecule has 0 unspecified atom stereocenters. The van der Waals surface area contributed by atoms with Gasteiger partial charge in [0.25, 0.3) is 0 Å². The third kappa shape index (κ3) is 1.46. The molecule has 0 saturated carbocycles. The number of carboxylic acids is 1. The lowest BCUT2D eigenvalue weighted by Gasteiger charge is -1.99. The molecular formula is C10H10N2O2. The summed E-state index contributed by atoms with van der Waals surface area (Å²) in [7, 11) is 0. The van der Waals surface area contributed by atoms with E-state index in [0.29, 0.717) is 0 Å². The summed E-state index contributed by atoms with van der Waals surface area (Å²) in [6.07, 6.45) is 3.48. The molecular weight excluding hydrogens is 180 g/mol. The van der Waals surface area contributed by atoms with Gasteiger partial charge in [0.05, 0.1) is 0 Å². The van der Waals surface area contributed by atoms with Crippen LogP contribution in [-0.2, 0) is 11.3 Å². The van der Waals surface area contributed by atoms with Gasteiger partial charge in [-0.25, -0.2) is 4.98 Å². The summed E-state index contributed by atoms with van der Waals surface area (Å²) in [6.45, 7) is 1.92. The van der Waals surface area contributed by atoms with Crippen molar-refractivity contribution in [3.05, 3.63) is 30.1 Å². The monoisotopic (exact) mass is 190 g/mol. The van der Waals surface area contributed by atoms with Gasteiger partial charge >= 0.3 is 5.97 Å².